The molecule has 1 unspecified atom stereocenters. The van der Waals surface area contributed by atoms with Gasteiger partial charge in [0.25, 0.3) is 0 Å². The van der Waals surface area contributed by atoms with Crippen LogP contribution in [0.15, 0.2) is 0 Å². The van der Waals surface area contributed by atoms with Crippen molar-refractivity contribution in [2.45, 2.75) is 32.6 Å². The Balaban J connectivity index is 3.21. The lowest BCUT2D eigenvalue weighted by Crippen LogP contribution is -2.08. The standard InChI is InChI=1S/C8H15O2/c1-3-4-5-6-7(2)8(9)10/h7H,1,3-6H2,2H3,(H,9,10). The van der Waals surface area contributed by atoms with Crippen molar-refractivity contribution >= 4 is 5.97 Å². The number of carboxylic acids is 1. The van der Waals surface area contributed by atoms with E-state index in [1.807, 2.05) is 0 Å². The number of rotatable bonds is 5. The first-order chi connectivity index (χ1) is 4.68. The number of unbranched alkanes of at least 4 members (excludes halogenated alkanes) is 2. The number of hydrogen-bond donors (Lipinski definition) is 1. The van der Waals surface area contributed by atoms with Crippen LogP contribution in [-0.4, -0.2) is 11.1 Å². The van der Waals surface area contributed by atoms with E-state index < -0.39 is 5.97 Å². The zero-order chi connectivity index (χ0) is 7.98. The molecule has 2 heteroatoms. The second-order valence-corrected chi connectivity index (χ2v) is 2.59. The fourth-order valence-corrected chi connectivity index (χ4v) is 0.751. The van der Waals surface area contributed by atoms with Crippen molar-refractivity contribution in [3.63, 3.8) is 0 Å². The zero-order valence-corrected chi connectivity index (χ0v) is 6.47. The van der Waals surface area contributed by atoms with Crippen LogP contribution in [0.3, 0.4) is 0 Å². The fourth-order valence-electron chi connectivity index (χ4n) is 0.751. The van der Waals surface area contributed by atoms with E-state index in [0.717, 1.165) is 25.7 Å². The van der Waals surface area contributed by atoms with Crippen LogP contribution in [0.4, 0.5) is 0 Å². The quantitative estimate of drug-likeness (QED) is 0.598. The number of aliphatic carboxylic acids is 1. The lowest BCUT2D eigenvalue weighted by atomic mass is 10.0. The molecule has 0 amide bonds. The average molecular weight is 143 g/mol. The molecule has 0 fully saturated rings. The first-order valence-electron chi connectivity index (χ1n) is 3.70. The SMILES string of the molecule is [CH2]CCCCC(C)C(=O)O. The molecule has 1 N–H and O–H groups in total. The first kappa shape index (κ1) is 9.47. The van der Waals surface area contributed by atoms with E-state index in [1.54, 1.807) is 6.92 Å². The summed E-state index contributed by atoms with van der Waals surface area (Å²) in [7, 11) is 0. The molecular formula is C8H15O2. The summed E-state index contributed by atoms with van der Waals surface area (Å²) in [4.78, 5) is 10.3. The molecule has 0 saturated carbocycles. The normalized spacial score (nSPS) is 13.0. The summed E-state index contributed by atoms with van der Waals surface area (Å²) < 4.78 is 0. The highest BCUT2D eigenvalue weighted by Crippen LogP contribution is 2.08. The van der Waals surface area contributed by atoms with Gasteiger partial charge in [-0.1, -0.05) is 33.1 Å². The molecule has 0 heterocycles. The molecule has 0 aliphatic heterocycles. The maximum atomic E-state index is 10.3. The van der Waals surface area contributed by atoms with Gasteiger partial charge < -0.3 is 5.11 Å². The van der Waals surface area contributed by atoms with Gasteiger partial charge in [-0.2, -0.15) is 0 Å². The Bertz CT molecular complexity index is 99.4. The van der Waals surface area contributed by atoms with E-state index in [-0.39, 0.29) is 5.92 Å². The topological polar surface area (TPSA) is 37.3 Å². The largest absolute Gasteiger partial charge is 0.481 e. The molecule has 0 rings (SSSR count). The number of carboxylic acid groups (broad SMARTS) is 1. The molecular weight excluding hydrogens is 128 g/mol. The Morgan fingerprint density at radius 3 is 2.60 bits per heavy atom. The fraction of sp³-hybridized carbons (Fsp3) is 0.750. The van der Waals surface area contributed by atoms with Crippen LogP contribution < -0.4 is 0 Å². The Morgan fingerprint density at radius 1 is 1.60 bits per heavy atom. The molecule has 0 saturated heterocycles. The molecule has 0 aromatic heterocycles. The van der Waals surface area contributed by atoms with Crippen molar-refractivity contribution in [3.05, 3.63) is 6.92 Å². The molecule has 0 bridgehead atoms. The van der Waals surface area contributed by atoms with E-state index in [1.165, 1.54) is 0 Å². The molecule has 59 valence electrons. The molecule has 0 aromatic rings. The average Bonchev–Trinajstić information content (AvgIpc) is 1.88. The predicted octanol–water partition coefficient (Wildman–Crippen LogP) is 2.10. The van der Waals surface area contributed by atoms with E-state index in [2.05, 4.69) is 6.92 Å². The van der Waals surface area contributed by atoms with Crippen molar-refractivity contribution in [3.8, 4) is 0 Å². The molecule has 1 radical (unpaired) electrons. The number of hydrogen-bond acceptors (Lipinski definition) is 1. The minimum atomic E-state index is -0.691. The van der Waals surface area contributed by atoms with Gasteiger partial charge >= 0.3 is 5.97 Å². The highest BCUT2D eigenvalue weighted by molar-refractivity contribution is 5.69. The summed E-state index contributed by atoms with van der Waals surface area (Å²) in [6.07, 6.45) is 3.71. The van der Waals surface area contributed by atoms with Crippen molar-refractivity contribution in [2.24, 2.45) is 5.92 Å². The molecule has 0 spiro atoms. The van der Waals surface area contributed by atoms with Crippen LogP contribution >= 0.6 is 0 Å². The molecule has 0 aliphatic carbocycles. The van der Waals surface area contributed by atoms with Crippen LogP contribution in [0, 0.1) is 12.8 Å². The van der Waals surface area contributed by atoms with Crippen LogP contribution in [-0.2, 0) is 4.79 Å². The van der Waals surface area contributed by atoms with Crippen molar-refractivity contribution in [1.29, 1.82) is 0 Å². The summed E-state index contributed by atoms with van der Waals surface area (Å²) in [6.45, 7) is 5.42. The maximum Gasteiger partial charge on any atom is 0.306 e. The third-order valence-electron chi connectivity index (χ3n) is 1.56. The molecule has 10 heavy (non-hydrogen) atoms. The van der Waals surface area contributed by atoms with Gasteiger partial charge in [-0.25, -0.2) is 0 Å². The van der Waals surface area contributed by atoms with E-state index in [9.17, 15) is 4.79 Å². The Hall–Kier alpha value is -0.530. The van der Waals surface area contributed by atoms with E-state index in [0.29, 0.717) is 0 Å². The Kier molecular flexibility index (Phi) is 4.99. The Morgan fingerprint density at radius 2 is 2.20 bits per heavy atom. The van der Waals surface area contributed by atoms with Gasteiger partial charge in [0.2, 0.25) is 0 Å². The van der Waals surface area contributed by atoms with Gasteiger partial charge in [0.1, 0.15) is 0 Å². The summed E-state index contributed by atoms with van der Waals surface area (Å²) in [5.74, 6) is -0.879. The molecule has 0 aliphatic rings. The summed E-state index contributed by atoms with van der Waals surface area (Å²) in [5.41, 5.74) is 0. The first-order valence-corrected chi connectivity index (χ1v) is 3.70. The van der Waals surface area contributed by atoms with Gasteiger partial charge in [-0.3, -0.25) is 4.79 Å². The molecule has 0 aromatic carbocycles. The van der Waals surface area contributed by atoms with Gasteiger partial charge in [0.05, 0.1) is 5.92 Å². The summed E-state index contributed by atoms with van der Waals surface area (Å²) in [5, 5.41) is 8.47. The van der Waals surface area contributed by atoms with Crippen LogP contribution in [0.5, 0.6) is 0 Å². The predicted molar refractivity (Wildman–Crippen MR) is 40.6 cm³/mol. The lowest BCUT2D eigenvalue weighted by Gasteiger charge is -2.03. The van der Waals surface area contributed by atoms with Crippen LogP contribution in [0.1, 0.15) is 32.6 Å². The molecule has 1 atom stereocenters. The Labute approximate surface area is 62.2 Å². The minimum Gasteiger partial charge on any atom is -0.481 e. The van der Waals surface area contributed by atoms with Crippen molar-refractivity contribution < 1.29 is 9.90 Å². The van der Waals surface area contributed by atoms with Gasteiger partial charge in [0, 0.05) is 0 Å². The highest BCUT2D eigenvalue weighted by atomic mass is 16.4. The molecule has 2 nitrogen and oxygen atoms in total. The van der Waals surface area contributed by atoms with Gasteiger partial charge in [-0.15, -0.1) is 0 Å². The van der Waals surface area contributed by atoms with Crippen molar-refractivity contribution in [1.82, 2.24) is 0 Å². The highest BCUT2D eigenvalue weighted by Gasteiger charge is 2.08. The summed E-state index contributed by atoms with van der Waals surface area (Å²) >= 11 is 0. The van der Waals surface area contributed by atoms with E-state index in [4.69, 9.17) is 5.11 Å². The smallest absolute Gasteiger partial charge is 0.306 e. The third kappa shape index (κ3) is 4.36. The van der Waals surface area contributed by atoms with Crippen molar-refractivity contribution in [2.75, 3.05) is 0 Å². The summed E-state index contributed by atoms with van der Waals surface area (Å²) in [6, 6.07) is 0. The van der Waals surface area contributed by atoms with Gasteiger partial charge in [0.15, 0.2) is 0 Å². The van der Waals surface area contributed by atoms with Gasteiger partial charge in [-0.05, 0) is 6.42 Å². The zero-order valence-electron chi connectivity index (χ0n) is 6.47. The third-order valence-corrected chi connectivity index (χ3v) is 1.56. The second kappa shape index (κ2) is 5.27. The minimum absolute atomic E-state index is 0.188. The van der Waals surface area contributed by atoms with E-state index >= 15 is 0 Å². The monoisotopic (exact) mass is 143 g/mol. The van der Waals surface area contributed by atoms with Crippen LogP contribution in [0.2, 0.25) is 0 Å². The maximum absolute atomic E-state index is 10.3. The lowest BCUT2D eigenvalue weighted by molar-refractivity contribution is -0.141. The van der Waals surface area contributed by atoms with Crippen LogP contribution in [0.25, 0.3) is 0 Å². The second-order valence-electron chi connectivity index (χ2n) is 2.59. The number of carbonyl (C=O) groups is 1.